The van der Waals surface area contributed by atoms with Crippen LogP contribution in [0.15, 0.2) is 42.0 Å². The predicted molar refractivity (Wildman–Crippen MR) is 132 cm³/mol. The lowest BCUT2D eigenvalue weighted by molar-refractivity contribution is -0.195. The summed E-state index contributed by atoms with van der Waals surface area (Å²) in [7, 11) is 1.46. The molecule has 1 heterocycles. The van der Waals surface area contributed by atoms with Crippen molar-refractivity contribution >= 4 is 23.5 Å². The van der Waals surface area contributed by atoms with Crippen molar-refractivity contribution in [1.82, 2.24) is 0 Å². The van der Waals surface area contributed by atoms with E-state index in [0.29, 0.717) is 18.6 Å². The minimum absolute atomic E-state index is 0.00955. The van der Waals surface area contributed by atoms with Gasteiger partial charge in [0.15, 0.2) is 17.7 Å². The third-order valence-electron chi connectivity index (χ3n) is 10.0. The van der Waals surface area contributed by atoms with Crippen LogP contribution >= 0.6 is 12.6 Å². The number of thiol groups is 1. The van der Waals surface area contributed by atoms with Crippen molar-refractivity contribution in [1.29, 1.82) is 0 Å². The molecule has 4 aliphatic carbocycles. The van der Waals surface area contributed by atoms with Crippen LogP contribution in [0.5, 0.6) is 5.75 Å². The van der Waals surface area contributed by atoms with Gasteiger partial charge in [0.2, 0.25) is 5.12 Å². The van der Waals surface area contributed by atoms with Gasteiger partial charge in [-0.2, -0.15) is 0 Å². The molecule has 1 saturated heterocycles. The molecular weight excluding hydrogens is 483 g/mol. The number of rotatable bonds is 3. The summed E-state index contributed by atoms with van der Waals surface area (Å²) in [6, 6.07) is 4.44. The molecule has 1 N–H and O–H groups in total. The minimum Gasteiger partial charge on any atom is -0.497 e. The Morgan fingerprint density at radius 3 is 2.78 bits per heavy atom. The molecule has 9 atom stereocenters. The van der Waals surface area contributed by atoms with Crippen LogP contribution < -0.4 is 4.74 Å². The molecule has 5 aliphatic rings. The summed E-state index contributed by atoms with van der Waals surface area (Å²) in [5.41, 5.74) is -1.30. The number of ketones is 1. The third kappa shape index (κ3) is 3.01. The number of hydrogen-bond donors (Lipinski definition) is 2. The Morgan fingerprint density at radius 2 is 2.08 bits per heavy atom. The first-order valence-electron chi connectivity index (χ1n) is 12.6. The number of carbonyl (C=O) groups is 2. The van der Waals surface area contributed by atoms with Gasteiger partial charge < -0.3 is 19.3 Å². The van der Waals surface area contributed by atoms with Gasteiger partial charge in [-0.25, -0.2) is 4.39 Å². The fraction of sp³-hybridized carbons (Fsp3) is 0.571. The quantitative estimate of drug-likeness (QED) is 0.585. The summed E-state index contributed by atoms with van der Waals surface area (Å²) < 4.78 is 32.7. The van der Waals surface area contributed by atoms with E-state index in [1.54, 1.807) is 24.3 Å². The van der Waals surface area contributed by atoms with Gasteiger partial charge in [-0.15, -0.1) is 12.6 Å². The lowest BCUT2D eigenvalue weighted by atomic mass is 9.46. The Balaban J connectivity index is 1.37. The number of aliphatic hydroxyl groups is 1. The highest BCUT2D eigenvalue weighted by molar-refractivity contribution is 7.96. The molecule has 3 saturated carbocycles. The normalized spacial score (nSPS) is 44.8. The van der Waals surface area contributed by atoms with Crippen molar-refractivity contribution in [3.63, 3.8) is 0 Å². The molecule has 4 fully saturated rings. The van der Waals surface area contributed by atoms with Gasteiger partial charge in [0.05, 0.1) is 19.3 Å². The Bertz CT molecular complexity index is 1210. The zero-order valence-corrected chi connectivity index (χ0v) is 21.5. The number of aliphatic hydroxyl groups excluding tert-OH is 1. The lowest BCUT2D eigenvalue weighted by Crippen LogP contribution is -2.62. The van der Waals surface area contributed by atoms with Gasteiger partial charge in [-0.1, -0.05) is 25.5 Å². The number of hydrogen-bond acceptors (Lipinski definition) is 6. The van der Waals surface area contributed by atoms with Gasteiger partial charge in [-0.05, 0) is 61.8 Å². The van der Waals surface area contributed by atoms with Crippen molar-refractivity contribution in [3.05, 3.63) is 53.4 Å². The van der Waals surface area contributed by atoms with E-state index in [1.165, 1.54) is 13.2 Å². The van der Waals surface area contributed by atoms with Crippen LogP contribution in [0.1, 0.15) is 51.4 Å². The molecule has 192 valence electrons. The van der Waals surface area contributed by atoms with E-state index in [1.807, 2.05) is 13.0 Å². The summed E-state index contributed by atoms with van der Waals surface area (Å²) in [5, 5.41) is 11.2. The molecule has 36 heavy (non-hydrogen) atoms. The van der Waals surface area contributed by atoms with Crippen LogP contribution in [0.4, 0.5) is 4.39 Å². The summed E-state index contributed by atoms with van der Waals surface area (Å²) >= 11 is 4.29. The zero-order chi connectivity index (χ0) is 25.6. The van der Waals surface area contributed by atoms with Gasteiger partial charge in [0.1, 0.15) is 11.6 Å². The van der Waals surface area contributed by atoms with Gasteiger partial charge >= 0.3 is 0 Å². The Labute approximate surface area is 215 Å². The molecule has 1 aromatic carbocycles. The predicted octanol–water partition coefficient (Wildman–Crippen LogP) is 4.33. The first-order chi connectivity index (χ1) is 17.0. The average Bonchev–Trinajstić information content (AvgIpc) is 3.32. The molecule has 8 heteroatoms. The van der Waals surface area contributed by atoms with Crippen LogP contribution in [0.3, 0.4) is 0 Å². The van der Waals surface area contributed by atoms with E-state index in [4.69, 9.17) is 14.2 Å². The second-order valence-electron chi connectivity index (χ2n) is 11.5. The fourth-order valence-electron chi connectivity index (χ4n) is 8.40. The van der Waals surface area contributed by atoms with Crippen LogP contribution in [0, 0.1) is 34.4 Å². The molecule has 0 radical (unpaired) electrons. The maximum atomic E-state index is 14.9. The van der Waals surface area contributed by atoms with E-state index in [-0.39, 0.29) is 29.1 Å². The molecular formula is C28H31FO6S. The molecule has 1 aromatic rings. The van der Waals surface area contributed by atoms with E-state index in [9.17, 15) is 19.1 Å². The van der Waals surface area contributed by atoms with E-state index in [0.717, 1.165) is 18.4 Å². The largest absolute Gasteiger partial charge is 0.497 e. The Morgan fingerprint density at radius 1 is 1.31 bits per heavy atom. The van der Waals surface area contributed by atoms with Crippen LogP contribution in [0.2, 0.25) is 0 Å². The highest BCUT2D eigenvalue weighted by Gasteiger charge is 2.75. The maximum Gasteiger partial charge on any atom is 0.221 e. The van der Waals surface area contributed by atoms with Crippen molar-refractivity contribution in [2.24, 2.45) is 28.6 Å². The molecule has 0 aromatic heterocycles. The zero-order valence-electron chi connectivity index (χ0n) is 20.6. The minimum atomic E-state index is -1.40. The number of methoxy groups -OCH3 is 1. The molecule has 0 unspecified atom stereocenters. The molecule has 0 amide bonds. The van der Waals surface area contributed by atoms with Crippen molar-refractivity contribution in [2.75, 3.05) is 7.11 Å². The highest BCUT2D eigenvalue weighted by Crippen LogP contribution is 2.70. The van der Waals surface area contributed by atoms with E-state index < -0.39 is 45.9 Å². The number of ether oxygens (including phenoxy) is 3. The summed E-state index contributed by atoms with van der Waals surface area (Å²) in [4.78, 5) is 25.3. The fourth-order valence-corrected chi connectivity index (χ4v) is 8.85. The molecule has 0 spiro atoms. The molecule has 1 aliphatic heterocycles. The lowest BCUT2D eigenvalue weighted by Gasteiger charge is -2.59. The number of halogens is 1. The SMILES string of the molecule is COc1ccc([C@@H]2O[C@@H]3C[C@H]4[C@@H]5CCC6=CC(=O)C=C[C@]6(C)[C@H]5[C@@H](O)C[C@]4(C)[C@]3(C(=O)S)O2)c(F)c1. The standard InChI is InChI=1S/C28H31FO6S/c1-26-9-8-15(30)10-14(26)4-6-17-19-12-22-28(25(32)36,27(19,2)13-21(31)23(17)26)35-24(34-22)18-7-5-16(33-3)11-20(18)29/h5,7-11,17,19,21-24,31H,4,6,12-13H2,1-3H3,(H,32,36)/t17-,19-,21-,22+,23+,24+,26-,27-,28-/m0/s1. The van der Waals surface area contributed by atoms with Gasteiger partial charge in [-0.3, -0.25) is 9.59 Å². The smallest absolute Gasteiger partial charge is 0.221 e. The van der Waals surface area contributed by atoms with Gasteiger partial charge in [0, 0.05) is 28.4 Å². The monoisotopic (exact) mass is 514 g/mol. The second kappa shape index (κ2) is 8.00. The third-order valence-corrected chi connectivity index (χ3v) is 10.3. The molecule has 6 nitrogen and oxygen atoms in total. The summed E-state index contributed by atoms with van der Waals surface area (Å²) in [6.45, 7) is 4.10. The van der Waals surface area contributed by atoms with E-state index in [2.05, 4.69) is 19.6 Å². The van der Waals surface area contributed by atoms with Crippen molar-refractivity contribution in [3.8, 4) is 5.75 Å². The molecule has 6 rings (SSSR count). The number of allylic oxidation sites excluding steroid dienone is 4. The van der Waals surface area contributed by atoms with Crippen molar-refractivity contribution in [2.45, 2.75) is 63.6 Å². The summed E-state index contributed by atoms with van der Waals surface area (Å²) in [5.74, 6) is -0.106. The van der Waals surface area contributed by atoms with Crippen LogP contribution in [-0.4, -0.2) is 40.9 Å². The van der Waals surface area contributed by atoms with Crippen LogP contribution in [0.25, 0.3) is 0 Å². The van der Waals surface area contributed by atoms with E-state index >= 15 is 0 Å². The number of carbonyl (C=O) groups excluding carboxylic acids is 2. The van der Waals surface area contributed by atoms with Crippen LogP contribution in [-0.2, 0) is 19.1 Å². The Kier molecular flexibility index (Phi) is 5.41. The second-order valence-corrected chi connectivity index (χ2v) is 11.9. The maximum absolute atomic E-state index is 14.9. The van der Waals surface area contributed by atoms with Gasteiger partial charge in [0.25, 0.3) is 0 Å². The number of benzene rings is 1. The molecule has 0 bridgehead atoms. The number of fused-ring (bicyclic) bond motifs is 7. The van der Waals surface area contributed by atoms with Crippen molar-refractivity contribution < 1.29 is 33.3 Å². The Hall–Kier alpha value is -2.00. The first kappa shape index (κ1) is 24.3. The summed E-state index contributed by atoms with van der Waals surface area (Å²) in [6.07, 6.45) is 5.36. The topological polar surface area (TPSA) is 82.1 Å². The first-order valence-corrected chi connectivity index (χ1v) is 13.0. The highest BCUT2D eigenvalue weighted by atomic mass is 32.1. The average molecular weight is 515 g/mol.